The zero-order chi connectivity index (χ0) is 8.77. The fourth-order valence-corrected chi connectivity index (χ4v) is 1.62. The van der Waals surface area contributed by atoms with E-state index in [9.17, 15) is 4.79 Å². The van der Waals surface area contributed by atoms with E-state index in [0.717, 1.165) is 0 Å². The van der Waals surface area contributed by atoms with E-state index in [1.807, 2.05) is 13.8 Å². The second-order valence-corrected chi connectivity index (χ2v) is 3.60. The summed E-state index contributed by atoms with van der Waals surface area (Å²) in [5, 5.41) is 0. The van der Waals surface area contributed by atoms with Crippen LogP contribution in [0.1, 0.15) is 20.3 Å². The Morgan fingerprint density at radius 3 is 2.75 bits per heavy atom. The summed E-state index contributed by atoms with van der Waals surface area (Å²) >= 11 is 0. The standard InChI is InChI=1S/C8H12O4/c1-8(2)11-5-3-7(9)10-4-6(5)12-8/h5-6H,3-4H2,1-2H3/t5-,6+/m1/s1. The highest BCUT2D eigenvalue weighted by atomic mass is 16.8. The van der Waals surface area contributed by atoms with Gasteiger partial charge in [-0.2, -0.15) is 0 Å². The molecule has 2 saturated heterocycles. The third kappa shape index (κ3) is 1.32. The van der Waals surface area contributed by atoms with Gasteiger partial charge in [-0.15, -0.1) is 0 Å². The Labute approximate surface area is 70.8 Å². The van der Waals surface area contributed by atoms with Crippen LogP contribution in [0.25, 0.3) is 0 Å². The second kappa shape index (κ2) is 2.44. The van der Waals surface area contributed by atoms with Crippen LogP contribution in [0, 0.1) is 0 Å². The molecule has 0 N–H and O–H groups in total. The first-order valence-electron chi connectivity index (χ1n) is 4.08. The summed E-state index contributed by atoms with van der Waals surface area (Å²) in [6.07, 6.45) is 0.132. The fraction of sp³-hybridized carbons (Fsp3) is 0.875. The minimum Gasteiger partial charge on any atom is -0.463 e. The van der Waals surface area contributed by atoms with E-state index in [0.29, 0.717) is 13.0 Å². The van der Waals surface area contributed by atoms with Gasteiger partial charge >= 0.3 is 5.97 Å². The first-order valence-corrected chi connectivity index (χ1v) is 4.08. The number of carbonyl (C=O) groups is 1. The second-order valence-electron chi connectivity index (χ2n) is 3.60. The van der Waals surface area contributed by atoms with Crippen molar-refractivity contribution in [1.82, 2.24) is 0 Å². The van der Waals surface area contributed by atoms with Crippen LogP contribution >= 0.6 is 0 Å². The Morgan fingerprint density at radius 1 is 1.33 bits per heavy atom. The van der Waals surface area contributed by atoms with Gasteiger partial charge in [-0.05, 0) is 13.8 Å². The predicted molar refractivity (Wildman–Crippen MR) is 39.4 cm³/mol. The number of hydrogen-bond donors (Lipinski definition) is 0. The Morgan fingerprint density at radius 2 is 2.00 bits per heavy atom. The Balaban J connectivity index is 2.07. The number of fused-ring (bicyclic) bond motifs is 1. The largest absolute Gasteiger partial charge is 0.463 e. The maximum absolute atomic E-state index is 10.9. The maximum Gasteiger partial charge on any atom is 0.308 e. The first kappa shape index (κ1) is 8.01. The van der Waals surface area contributed by atoms with Crippen molar-refractivity contribution in [2.24, 2.45) is 0 Å². The molecule has 68 valence electrons. The van der Waals surface area contributed by atoms with Crippen LogP contribution in [0.5, 0.6) is 0 Å². The van der Waals surface area contributed by atoms with Crippen molar-refractivity contribution in [3.05, 3.63) is 0 Å². The summed E-state index contributed by atoms with van der Waals surface area (Å²) < 4.78 is 15.8. The van der Waals surface area contributed by atoms with Gasteiger partial charge < -0.3 is 14.2 Å². The number of carbonyl (C=O) groups excluding carboxylic acids is 1. The zero-order valence-corrected chi connectivity index (χ0v) is 7.20. The van der Waals surface area contributed by atoms with Crippen LogP contribution in [-0.4, -0.2) is 30.6 Å². The number of esters is 1. The molecular weight excluding hydrogens is 160 g/mol. The van der Waals surface area contributed by atoms with E-state index >= 15 is 0 Å². The van der Waals surface area contributed by atoms with Crippen LogP contribution in [-0.2, 0) is 19.0 Å². The average molecular weight is 172 g/mol. The summed E-state index contributed by atoms with van der Waals surface area (Å²) in [5.74, 6) is -0.763. The number of rotatable bonds is 0. The van der Waals surface area contributed by atoms with Crippen LogP contribution < -0.4 is 0 Å². The van der Waals surface area contributed by atoms with Crippen LogP contribution in [0.15, 0.2) is 0 Å². The minimum absolute atomic E-state index is 0.0716. The maximum atomic E-state index is 10.9. The van der Waals surface area contributed by atoms with Crippen molar-refractivity contribution >= 4 is 5.97 Å². The van der Waals surface area contributed by atoms with Crippen molar-refractivity contribution in [1.29, 1.82) is 0 Å². The molecule has 0 saturated carbocycles. The summed E-state index contributed by atoms with van der Waals surface area (Å²) in [7, 11) is 0. The molecule has 4 nitrogen and oxygen atoms in total. The molecule has 0 aromatic heterocycles. The summed E-state index contributed by atoms with van der Waals surface area (Å²) in [5.41, 5.74) is 0. The van der Waals surface area contributed by atoms with E-state index in [-0.39, 0.29) is 18.2 Å². The Bertz CT molecular complexity index is 211. The Kier molecular flexibility index (Phi) is 1.63. The lowest BCUT2D eigenvalue weighted by Crippen LogP contribution is -2.36. The quantitative estimate of drug-likeness (QED) is 0.498. The molecule has 0 amide bonds. The molecule has 4 heteroatoms. The van der Waals surface area contributed by atoms with Crippen molar-refractivity contribution in [2.75, 3.05) is 6.61 Å². The molecule has 2 aliphatic heterocycles. The van der Waals surface area contributed by atoms with Gasteiger partial charge in [-0.3, -0.25) is 4.79 Å². The van der Waals surface area contributed by atoms with Gasteiger partial charge in [0.25, 0.3) is 0 Å². The van der Waals surface area contributed by atoms with Gasteiger partial charge in [0, 0.05) is 0 Å². The average Bonchev–Trinajstić information content (AvgIpc) is 2.21. The van der Waals surface area contributed by atoms with Gasteiger partial charge in [0.05, 0.1) is 6.42 Å². The molecule has 0 aliphatic carbocycles. The molecule has 2 heterocycles. The zero-order valence-electron chi connectivity index (χ0n) is 7.20. The normalized spacial score (nSPS) is 39.0. The molecule has 2 fully saturated rings. The highest BCUT2D eigenvalue weighted by Gasteiger charge is 2.45. The third-order valence-corrected chi connectivity index (χ3v) is 2.06. The topological polar surface area (TPSA) is 44.8 Å². The van der Waals surface area contributed by atoms with Crippen molar-refractivity contribution in [3.63, 3.8) is 0 Å². The monoisotopic (exact) mass is 172 g/mol. The van der Waals surface area contributed by atoms with E-state index in [2.05, 4.69) is 0 Å². The van der Waals surface area contributed by atoms with Crippen molar-refractivity contribution in [3.8, 4) is 0 Å². The van der Waals surface area contributed by atoms with Crippen molar-refractivity contribution in [2.45, 2.75) is 38.3 Å². The van der Waals surface area contributed by atoms with E-state index < -0.39 is 5.79 Å². The van der Waals surface area contributed by atoms with E-state index in [1.165, 1.54) is 0 Å². The van der Waals surface area contributed by atoms with Gasteiger partial charge in [-0.25, -0.2) is 0 Å². The molecule has 0 radical (unpaired) electrons. The smallest absolute Gasteiger partial charge is 0.308 e. The number of ether oxygens (including phenoxy) is 3. The van der Waals surface area contributed by atoms with Crippen LogP contribution in [0.3, 0.4) is 0 Å². The molecule has 12 heavy (non-hydrogen) atoms. The summed E-state index contributed by atoms with van der Waals surface area (Å²) in [6, 6.07) is 0. The van der Waals surface area contributed by atoms with Crippen LogP contribution in [0.2, 0.25) is 0 Å². The molecule has 2 rings (SSSR count). The van der Waals surface area contributed by atoms with Gasteiger partial charge in [0.1, 0.15) is 18.8 Å². The number of cyclic esters (lactones) is 1. The predicted octanol–water partition coefficient (Wildman–Crippen LogP) is 0.453. The lowest BCUT2D eigenvalue weighted by Gasteiger charge is -2.21. The van der Waals surface area contributed by atoms with Gasteiger partial charge in [-0.1, -0.05) is 0 Å². The molecule has 0 bridgehead atoms. The first-order chi connectivity index (χ1) is 5.57. The molecule has 0 spiro atoms. The molecule has 2 atom stereocenters. The lowest BCUT2D eigenvalue weighted by molar-refractivity contribution is -0.155. The van der Waals surface area contributed by atoms with Gasteiger partial charge in [0.2, 0.25) is 0 Å². The summed E-state index contributed by atoms with van der Waals surface area (Å²) in [6.45, 7) is 4.01. The van der Waals surface area contributed by atoms with Crippen LogP contribution in [0.4, 0.5) is 0 Å². The minimum atomic E-state index is -0.566. The van der Waals surface area contributed by atoms with Gasteiger partial charge in [0.15, 0.2) is 5.79 Å². The Hall–Kier alpha value is -0.610. The lowest BCUT2D eigenvalue weighted by atomic mass is 10.1. The third-order valence-electron chi connectivity index (χ3n) is 2.06. The van der Waals surface area contributed by atoms with Crippen molar-refractivity contribution < 1.29 is 19.0 Å². The molecule has 2 aliphatic rings. The summed E-state index contributed by atoms with van der Waals surface area (Å²) in [4.78, 5) is 10.9. The fourth-order valence-electron chi connectivity index (χ4n) is 1.62. The molecule has 0 aromatic rings. The number of hydrogen-bond acceptors (Lipinski definition) is 4. The molecular formula is C8H12O4. The SMILES string of the molecule is CC1(C)O[C@H]2COC(=O)C[C@H]2O1. The highest BCUT2D eigenvalue weighted by molar-refractivity contribution is 5.71. The van der Waals surface area contributed by atoms with E-state index in [1.54, 1.807) is 0 Å². The molecule has 0 unspecified atom stereocenters. The molecule has 0 aromatic carbocycles. The highest BCUT2D eigenvalue weighted by Crippen LogP contribution is 2.32. The van der Waals surface area contributed by atoms with E-state index in [4.69, 9.17) is 14.2 Å².